The number of alkyl halides is 2. The van der Waals surface area contributed by atoms with Gasteiger partial charge in [-0.15, -0.1) is 0 Å². The van der Waals surface area contributed by atoms with Gasteiger partial charge in [-0.1, -0.05) is 41.4 Å². The monoisotopic (exact) mass is 270 g/mol. The largest absolute Gasteiger partial charge is 0.530 e. The average molecular weight is 271 g/mol. The fourth-order valence-electron chi connectivity index (χ4n) is 0.836. The molecule has 0 aliphatic carbocycles. The molecule has 0 spiro atoms. The Hall–Kier alpha value is -0.250. The van der Waals surface area contributed by atoms with Gasteiger partial charge in [-0.25, -0.2) is 9.09 Å². The van der Waals surface area contributed by atoms with Gasteiger partial charge in [-0.2, -0.15) is 0 Å². The molecule has 1 N–H and O–H groups in total. The van der Waals surface area contributed by atoms with Gasteiger partial charge in [0.25, 0.3) is 0 Å². The van der Waals surface area contributed by atoms with Gasteiger partial charge in [0.1, 0.15) is 5.75 Å². The van der Waals surface area contributed by atoms with Crippen LogP contribution in [0.5, 0.6) is 5.75 Å². The molecule has 1 aromatic rings. The van der Waals surface area contributed by atoms with Crippen LogP contribution in [0.4, 0.5) is 0 Å². The van der Waals surface area contributed by atoms with Gasteiger partial charge in [-0.3, -0.25) is 4.89 Å². The maximum atomic E-state index is 11.3. The summed E-state index contributed by atoms with van der Waals surface area (Å²) in [7, 11) is -4.30. The average Bonchev–Trinajstić information content (AvgIpc) is 1.99. The highest BCUT2D eigenvalue weighted by Crippen LogP contribution is 2.49. The summed E-state index contributed by atoms with van der Waals surface area (Å²) in [5, 5.41) is 0. The van der Waals surface area contributed by atoms with Gasteiger partial charge in [-0.05, 0) is 19.1 Å². The summed E-state index contributed by atoms with van der Waals surface area (Å²) >= 11 is 10.8. The molecule has 0 heterocycles. The fourth-order valence-corrected chi connectivity index (χ4v) is 2.19. The highest BCUT2D eigenvalue weighted by atomic mass is 35.5. The number of halogens is 2. The first kappa shape index (κ1) is 12.8. The highest BCUT2D eigenvalue weighted by molar-refractivity contribution is 7.48. The molecule has 1 unspecified atom stereocenters. The van der Waals surface area contributed by atoms with Crippen molar-refractivity contribution in [1.29, 1.82) is 0 Å². The van der Waals surface area contributed by atoms with Crippen LogP contribution in [0.2, 0.25) is 0 Å². The number of phosphoric ester groups is 1. The van der Waals surface area contributed by atoms with E-state index in [2.05, 4.69) is 4.52 Å². The predicted molar refractivity (Wildman–Crippen MR) is 58.1 cm³/mol. The Morgan fingerprint density at radius 3 is 2.33 bits per heavy atom. The Kier molecular flexibility index (Phi) is 4.04. The third kappa shape index (κ3) is 5.40. The molecule has 0 radical (unpaired) electrons. The lowest BCUT2D eigenvalue weighted by Gasteiger charge is -2.18. The van der Waals surface area contributed by atoms with E-state index in [4.69, 9.17) is 27.7 Å². The van der Waals surface area contributed by atoms with Crippen molar-refractivity contribution < 1.29 is 18.5 Å². The van der Waals surface area contributed by atoms with E-state index in [-0.39, 0.29) is 5.75 Å². The first-order valence-corrected chi connectivity index (χ1v) is 6.20. The maximum Gasteiger partial charge on any atom is 0.530 e. The van der Waals surface area contributed by atoms with Crippen LogP contribution in [0, 0.1) is 0 Å². The minimum absolute atomic E-state index is 0.195. The minimum Gasteiger partial charge on any atom is -0.404 e. The molecule has 1 rings (SSSR count). The Morgan fingerprint density at radius 2 is 1.87 bits per heavy atom. The van der Waals surface area contributed by atoms with Crippen LogP contribution < -0.4 is 4.52 Å². The molecule has 0 amide bonds. The molecule has 1 atom stereocenters. The summed E-state index contributed by atoms with van der Waals surface area (Å²) in [6, 6.07) is 8.05. The lowest BCUT2D eigenvalue weighted by Crippen LogP contribution is -2.12. The Labute approximate surface area is 97.3 Å². The van der Waals surface area contributed by atoms with Crippen molar-refractivity contribution in [2.45, 2.75) is 11.4 Å². The second kappa shape index (κ2) is 4.73. The molecular formula is C8H9Cl2O4P. The summed E-state index contributed by atoms with van der Waals surface area (Å²) in [5.41, 5.74) is 0. The van der Waals surface area contributed by atoms with Crippen molar-refractivity contribution in [3.8, 4) is 5.75 Å². The van der Waals surface area contributed by atoms with Gasteiger partial charge in [0.2, 0.25) is 4.52 Å². The van der Waals surface area contributed by atoms with Crippen LogP contribution in [0.25, 0.3) is 0 Å². The number of hydrogen-bond donors (Lipinski definition) is 1. The van der Waals surface area contributed by atoms with Gasteiger partial charge in [0, 0.05) is 0 Å². The lowest BCUT2D eigenvalue weighted by atomic mass is 10.3. The summed E-state index contributed by atoms with van der Waals surface area (Å²) in [6.45, 7) is 1.22. The molecule has 0 saturated carbocycles. The second-order valence-corrected chi connectivity index (χ2v) is 5.71. The number of phosphoric acid groups is 1. The van der Waals surface area contributed by atoms with Crippen molar-refractivity contribution in [3.63, 3.8) is 0 Å². The number of benzene rings is 1. The summed E-state index contributed by atoms with van der Waals surface area (Å²) in [5.74, 6) is 0.195. The molecule has 0 bridgehead atoms. The summed E-state index contributed by atoms with van der Waals surface area (Å²) in [6.07, 6.45) is 0. The molecule has 0 aliphatic heterocycles. The van der Waals surface area contributed by atoms with Crippen LogP contribution >= 0.6 is 31.0 Å². The number of hydrogen-bond acceptors (Lipinski definition) is 3. The van der Waals surface area contributed by atoms with E-state index < -0.39 is 12.3 Å². The third-order valence-electron chi connectivity index (χ3n) is 1.24. The number of rotatable bonds is 4. The van der Waals surface area contributed by atoms with Crippen LogP contribution in [-0.2, 0) is 9.09 Å². The maximum absolute atomic E-state index is 11.3. The first-order chi connectivity index (χ1) is 6.79. The summed E-state index contributed by atoms with van der Waals surface area (Å²) < 4.78 is 18.7. The first-order valence-electron chi connectivity index (χ1n) is 3.94. The SMILES string of the molecule is CC(Cl)(Cl)OP(=O)(O)Oc1ccccc1. The van der Waals surface area contributed by atoms with E-state index in [1.54, 1.807) is 18.2 Å². The molecular weight excluding hydrogens is 262 g/mol. The van der Waals surface area contributed by atoms with Crippen molar-refractivity contribution in [2.75, 3.05) is 0 Å². The van der Waals surface area contributed by atoms with E-state index in [1.807, 2.05) is 0 Å². The molecule has 84 valence electrons. The number of para-hydroxylation sites is 1. The van der Waals surface area contributed by atoms with E-state index >= 15 is 0 Å². The molecule has 15 heavy (non-hydrogen) atoms. The van der Waals surface area contributed by atoms with Crippen LogP contribution in [0.1, 0.15) is 6.92 Å². The topological polar surface area (TPSA) is 55.8 Å². The normalized spacial score (nSPS) is 15.7. The zero-order valence-electron chi connectivity index (χ0n) is 7.76. The van der Waals surface area contributed by atoms with Gasteiger partial charge in [0.15, 0.2) is 0 Å². The van der Waals surface area contributed by atoms with Gasteiger partial charge >= 0.3 is 7.82 Å². The van der Waals surface area contributed by atoms with E-state index in [9.17, 15) is 9.46 Å². The van der Waals surface area contributed by atoms with Crippen LogP contribution in [-0.4, -0.2) is 9.41 Å². The third-order valence-corrected chi connectivity index (χ3v) is 2.65. The van der Waals surface area contributed by atoms with E-state index in [0.717, 1.165) is 0 Å². The molecule has 1 aromatic carbocycles. The predicted octanol–water partition coefficient (Wildman–Crippen LogP) is 3.33. The van der Waals surface area contributed by atoms with E-state index in [0.29, 0.717) is 0 Å². The molecule has 0 aromatic heterocycles. The lowest BCUT2D eigenvalue weighted by molar-refractivity contribution is 0.172. The fraction of sp³-hybridized carbons (Fsp3) is 0.250. The summed E-state index contributed by atoms with van der Waals surface area (Å²) in [4.78, 5) is 9.25. The van der Waals surface area contributed by atoms with Gasteiger partial charge < -0.3 is 4.52 Å². The van der Waals surface area contributed by atoms with Crippen molar-refractivity contribution >= 4 is 31.0 Å². The Bertz CT molecular complexity index is 363. The van der Waals surface area contributed by atoms with Crippen molar-refractivity contribution in [2.24, 2.45) is 0 Å². The Balaban J connectivity index is 2.69. The zero-order valence-corrected chi connectivity index (χ0v) is 10.2. The standard InChI is InChI=1S/C8H9Cl2O4P/c1-8(9,10)14-15(11,12)13-7-5-3-2-4-6-7/h2-6H,1H3,(H,11,12). The van der Waals surface area contributed by atoms with Crippen molar-refractivity contribution in [3.05, 3.63) is 30.3 Å². The van der Waals surface area contributed by atoms with Crippen LogP contribution in [0.3, 0.4) is 0 Å². The zero-order chi connectivity index (χ0) is 11.5. The molecule has 0 fully saturated rings. The minimum atomic E-state index is -4.30. The smallest absolute Gasteiger partial charge is 0.404 e. The van der Waals surface area contributed by atoms with E-state index in [1.165, 1.54) is 19.1 Å². The van der Waals surface area contributed by atoms with Gasteiger partial charge in [0.05, 0.1) is 0 Å². The molecule has 0 saturated heterocycles. The second-order valence-electron chi connectivity index (χ2n) is 2.77. The molecule has 4 nitrogen and oxygen atoms in total. The molecule has 7 heteroatoms. The highest BCUT2D eigenvalue weighted by Gasteiger charge is 2.33. The Morgan fingerprint density at radius 1 is 1.33 bits per heavy atom. The molecule has 0 aliphatic rings. The van der Waals surface area contributed by atoms with Crippen LogP contribution in [0.15, 0.2) is 30.3 Å². The van der Waals surface area contributed by atoms with Crippen molar-refractivity contribution in [1.82, 2.24) is 0 Å². The quantitative estimate of drug-likeness (QED) is 0.674.